The number of aryl methyl sites for hydroxylation is 1. The number of pyridine rings is 7. The summed E-state index contributed by atoms with van der Waals surface area (Å²) in [6.45, 7) is 18.1. The first-order valence-corrected chi connectivity index (χ1v) is 38.4. The monoisotopic (exact) mass is 1750 g/mol. The summed E-state index contributed by atoms with van der Waals surface area (Å²) in [6, 6.07) is 32.9. The maximum absolute atomic E-state index is 11.5. The summed E-state index contributed by atoms with van der Waals surface area (Å²) in [5.41, 5.74) is 8.11. The van der Waals surface area contributed by atoms with Crippen molar-refractivity contribution in [3.63, 3.8) is 0 Å². The number of fused-ring (bicyclic) bond motifs is 1. The highest BCUT2D eigenvalue weighted by molar-refractivity contribution is 7.95. The molecule has 0 saturated carbocycles. The van der Waals surface area contributed by atoms with E-state index in [-0.39, 0.29) is 101 Å². The molecule has 0 aliphatic carbocycles. The molecule has 0 aliphatic rings. The lowest BCUT2D eigenvalue weighted by Crippen LogP contribution is -2.21. The van der Waals surface area contributed by atoms with E-state index in [1.54, 1.807) is 58.3 Å². The number of nitrogens with zero attached hydrogens (tertiary/aromatic N) is 7. The third-order valence-corrected chi connectivity index (χ3v) is 14.3. The minimum absolute atomic E-state index is 0. The van der Waals surface area contributed by atoms with Crippen molar-refractivity contribution in [2.75, 3.05) is 62.0 Å². The van der Waals surface area contributed by atoms with Gasteiger partial charge in [0.1, 0.15) is 60.3 Å². The van der Waals surface area contributed by atoms with Gasteiger partial charge in [-0.15, -0.1) is 0 Å². The van der Waals surface area contributed by atoms with Gasteiger partial charge in [-0.1, -0.05) is 160 Å². The van der Waals surface area contributed by atoms with Crippen molar-refractivity contribution >= 4 is 168 Å². The molecule has 0 radical (unpaired) electrons. The number of rotatable bonds is 22. The van der Waals surface area contributed by atoms with Crippen LogP contribution >= 0.6 is 98.6 Å². The normalized spacial score (nSPS) is 9.31. The summed E-state index contributed by atoms with van der Waals surface area (Å²) in [6.07, 6.45) is 9.40. The van der Waals surface area contributed by atoms with Crippen LogP contribution in [-0.2, 0) is 57.5 Å². The van der Waals surface area contributed by atoms with Crippen LogP contribution in [0.25, 0.3) is 22.0 Å². The third kappa shape index (κ3) is 44.1. The minimum Gasteiger partial charge on any atom is -0.507 e. The number of anilines is 3. The first-order valence-electron chi connectivity index (χ1n) is 33.1. The van der Waals surface area contributed by atoms with Crippen LogP contribution in [0.5, 0.6) is 5.75 Å². The first-order chi connectivity index (χ1) is 52.5. The van der Waals surface area contributed by atoms with Crippen molar-refractivity contribution in [1.82, 2.24) is 34.5 Å². The van der Waals surface area contributed by atoms with Crippen molar-refractivity contribution in [2.24, 2.45) is 0 Å². The predicted molar refractivity (Wildman–Crippen MR) is 458 cm³/mol. The molecule has 9 aromatic rings. The molecule has 0 amide bonds. The number of carbonyl (C=O) groups excluding carboxylic acids is 7. The molecule has 27 nitrogen and oxygen atoms in total. The van der Waals surface area contributed by atoms with Crippen LogP contribution in [0.4, 0.5) is 17.1 Å². The molecular formula is C78H98Cl8N12O15P+. The number of halogens is 8. The number of aliphatic hydroxyl groups excluding tert-OH is 1. The molecule has 0 saturated heterocycles. The van der Waals surface area contributed by atoms with E-state index in [0.717, 1.165) is 82.7 Å². The van der Waals surface area contributed by atoms with Crippen LogP contribution in [-0.4, -0.2) is 132 Å². The van der Waals surface area contributed by atoms with Crippen LogP contribution in [0.1, 0.15) is 157 Å². The number of nitrogens with one attached hydrogen (secondary N) is 5. The van der Waals surface area contributed by atoms with Crippen LogP contribution in [0.15, 0.2) is 145 Å². The van der Waals surface area contributed by atoms with Gasteiger partial charge in [-0.05, 0) is 114 Å². The number of aliphatic hydroxyl groups is 1. The number of esters is 4. The fourth-order valence-electron chi connectivity index (χ4n) is 8.39. The van der Waals surface area contributed by atoms with Gasteiger partial charge in [0, 0.05) is 97.3 Å². The molecule has 0 spiro atoms. The Morgan fingerprint density at radius 3 is 1.53 bits per heavy atom. The Labute approximate surface area is 705 Å². The Kier molecular flexibility index (Phi) is 61.8. The number of aldehydes is 1. The van der Waals surface area contributed by atoms with E-state index in [2.05, 4.69) is 83.9 Å². The molecule has 7 heterocycles. The predicted octanol–water partition coefficient (Wildman–Crippen LogP) is 19.6. The fraction of sp³-hybridized carbons (Fsp3) is 0.321. The number of ether oxygens (including phenoxy) is 4. The molecule has 36 heteroatoms. The van der Waals surface area contributed by atoms with E-state index < -0.39 is 35.9 Å². The number of aromatic amines is 1. The number of aromatic hydroxyl groups is 1. The van der Waals surface area contributed by atoms with Crippen LogP contribution < -0.4 is 27.0 Å². The van der Waals surface area contributed by atoms with Crippen molar-refractivity contribution in [3.8, 4) is 22.9 Å². The molecule has 0 atom stereocenters. The van der Waals surface area contributed by atoms with Crippen molar-refractivity contribution < 1.29 is 67.3 Å². The Bertz CT molecular complexity index is 4600. The van der Waals surface area contributed by atoms with Crippen LogP contribution in [0.2, 0.25) is 30.8 Å². The smallest absolute Gasteiger partial charge is 0.507 e. The Morgan fingerprint density at radius 1 is 0.596 bits per heavy atom. The SMILES string of the molecule is C.C.C.C.CCNc1cc(Cl)ncc1C(=O)OCC.CCNc1cc(Cl)ncc1C=O.CCNc1cc(Cl)ncc1CO.CCOC(=O)CC(=O)CC(C)=O.CCOC(=O)c1c[nH]c(=O)cc1O.CCOC(=O)c1cnc(Cl)cc1Cl.CCn1c(=N)c(-c2ccccc2)cc2cnc(Cl)cc21.N#CCc1ccccc1.O=[P+](Cl)Cl. The molecule has 9 rings (SSSR count). The van der Waals surface area contributed by atoms with Crippen molar-refractivity contribution in [3.05, 3.63) is 220 Å². The van der Waals surface area contributed by atoms with E-state index in [1.807, 2.05) is 105 Å². The second-order valence-corrected chi connectivity index (χ2v) is 26.0. The summed E-state index contributed by atoms with van der Waals surface area (Å²) >= 11 is 43.4. The van der Waals surface area contributed by atoms with Gasteiger partial charge in [-0.2, -0.15) is 5.26 Å². The molecule has 7 N–H and O–H groups in total. The zero-order chi connectivity index (χ0) is 82.7. The third-order valence-electron chi connectivity index (χ3n) is 12.9. The van der Waals surface area contributed by atoms with E-state index in [1.165, 1.54) is 31.6 Å². The zero-order valence-electron chi connectivity index (χ0n) is 61.1. The summed E-state index contributed by atoms with van der Waals surface area (Å²) < 4.78 is 29.9. The maximum atomic E-state index is 11.5. The Balaban J connectivity index is -0.000000605. The van der Waals surface area contributed by atoms with Gasteiger partial charge in [0.25, 0.3) is 5.56 Å². The van der Waals surface area contributed by atoms with Crippen molar-refractivity contribution in [2.45, 2.75) is 124 Å². The van der Waals surface area contributed by atoms with E-state index in [9.17, 15) is 38.4 Å². The average molecular weight is 1760 g/mol. The second kappa shape index (κ2) is 63.7. The summed E-state index contributed by atoms with van der Waals surface area (Å²) in [5, 5.41) is 47.0. The summed E-state index contributed by atoms with van der Waals surface area (Å²) in [5.74, 6) is -3.10. The molecule has 0 fully saturated rings. The number of hydrogen-bond acceptors (Lipinski definition) is 25. The van der Waals surface area contributed by atoms with Gasteiger partial charge in [0.2, 0.25) is 22.5 Å². The number of Topliss-reactive ketones (excluding diaryl/α,β-unsaturated/α-hetero) is 2. The number of nitriles is 1. The Hall–Kier alpha value is -9.69. The topological polar surface area (TPSA) is 400 Å². The van der Waals surface area contributed by atoms with E-state index in [0.29, 0.717) is 69.1 Å². The second-order valence-electron chi connectivity index (χ2n) is 20.9. The summed E-state index contributed by atoms with van der Waals surface area (Å²) in [4.78, 5) is 108. The lowest BCUT2D eigenvalue weighted by Gasteiger charge is -2.13. The van der Waals surface area contributed by atoms with Gasteiger partial charge in [0.05, 0.1) is 79.3 Å². The molecule has 114 heavy (non-hydrogen) atoms. The number of ketones is 2. The van der Waals surface area contributed by atoms with Crippen molar-refractivity contribution in [1.29, 1.82) is 10.7 Å². The number of carbonyl (C=O) groups is 7. The van der Waals surface area contributed by atoms with Gasteiger partial charge < -0.3 is 54.7 Å². The van der Waals surface area contributed by atoms with Gasteiger partial charge in [-0.25, -0.2) is 39.3 Å². The number of benzene rings is 2. The van der Waals surface area contributed by atoms with Crippen LogP contribution in [0, 0.1) is 16.7 Å². The standard InChI is InChI=1S/C16H14ClN3.C10H13ClN2O2.C8H7Cl2NO2.C8H11ClN2O.C8H9ClN2O.C8H9NO4.C8H7N.C8H12O4.4CH4.Cl2OP/c1-2-20-14-9-15(17)19-10-12(14)8-13(16(20)18)11-6-4-3-5-7-11;1-3-12-8-5-9(11)13-6-7(8)10(14)15-4-2;1-2-13-8(12)5-4-11-7(10)3-6(5)9;2*1-2-10-7-3-8(9)11-4-6(7)5-12;1-2-13-8(12)5-4-9-7(11)3-6(5)10;9-7-6-8-4-2-1-3-5-8;1-3-12-8(11)5-7(10)4-6(2)9;;;;;1-4(2)3/h3-10,18H,2H2,1H3;5-6H,3-4H2,1-2H3,(H,12,13);3-4H,2H2,1H3;3-4,12H,2,5H2,1H3,(H,10,11);3-5H,2H2,1H3,(H,10,11);3-4H,2H2,1H3,(H2,9,10,11);1-5H,6H2;3-5H2,1-2H3;4*1H4;/q;;;;;;;;;;;;+1. The van der Waals surface area contributed by atoms with Gasteiger partial charge in [0.15, 0.2) is 12.1 Å². The van der Waals surface area contributed by atoms with Crippen LogP contribution in [0.3, 0.4) is 0 Å². The van der Waals surface area contributed by atoms with E-state index >= 15 is 0 Å². The molecular weight excluding hydrogens is 1660 g/mol. The molecule has 620 valence electrons. The minimum atomic E-state index is -1.93. The first kappa shape index (κ1) is 111. The number of H-pyrrole nitrogens is 1. The highest BCUT2D eigenvalue weighted by atomic mass is 35.9. The molecule has 0 bridgehead atoms. The zero-order valence-corrected chi connectivity index (χ0v) is 68.1. The summed E-state index contributed by atoms with van der Waals surface area (Å²) in [7, 11) is 0. The molecule has 0 unspecified atom stereocenters. The highest BCUT2D eigenvalue weighted by Crippen LogP contribution is 2.31. The van der Waals surface area contributed by atoms with E-state index in [4.69, 9.17) is 105 Å². The lowest BCUT2D eigenvalue weighted by molar-refractivity contribution is -0.145. The molecule has 2 aromatic carbocycles. The largest absolute Gasteiger partial charge is 0.575 e. The van der Waals surface area contributed by atoms with Gasteiger partial charge in [-0.3, -0.25) is 29.4 Å². The highest BCUT2D eigenvalue weighted by Gasteiger charge is 2.17. The maximum Gasteiger partial charge on any atom is 0.575 e. The van der Waals surface area contributed by atoms with Gasteiger partial charge >= 0.3 is 30.4 Å². The fourth-order valence-corrected chi connectivity index (χ4v) is 9.46. The molecule has 7 aromatic heterocycles. The average Bonchev–Trinajstić information content (AvgIpc) is 0.775. The Morgan fingerprint density at radius 2 is 1.04 bits per heavy atom. The lowest BCUT2D eigenvalue weighted by atomic mass is 10.1. The number of aromatic nitrogens is 7. The quantitative estimate of drug-likeness (QED) is 0.00827. The number of hydrogen-bond donors (Lipinski definition) is 7. The molecule has 0 aliphatic heterocycles.